The SMILES string of the molecule is CCc1nncn1CCNC(=NCc1ccccc1CN1CCOCC1)NCC(C)C.I. The monoisotopic (exact) mass is 555 g/mol. The number of halogens is 1. The summed E-state index contributed by atoms with van der Waals surface area (Å²) in [6.07, 6.45) is 2.67. The van der Waals surface area contributed by atoms with Gasteiger partial charge in [-0.05, 0) is 17.0 Å². The fraction of sp³-hybridized carbons (Fsp3) is 0.609. The van der Waals surface area contributed by atoms with Crippen molar-refractivity contribution in [3.63, 3.8) is 0 Å². The van der Waals surface area contributed by atoms with Crippen LogP contribution in [0.5, 0.6) is 0 Å². The van der Waals surface area contributed by atoms with E-state index in [1.807, 2.05) is 0 Å². The zero-order valence-electron chi connectivity index (χ0n) is 19.6. The number of morpholine rings is 1. The van der Waals surface area contributed by atoms with Crippen molar-refractivity contribution in [2.75, 3.05) is 39.4 Å². The van der Waals surface area contributed by atoms with Gasteiger partial charge >= 0.3 is 0 Å². The van der Waals surface area contributed by atoms with Crippen LogP contribution in [-0.2, 0) is 30.8 Å². The number of hydrogen-bond acceptors (Lipinski definition) is 5. The van der Waals surface area contributed by atoms with Crippen LogP contribution in [0.25, 0.3) is 0 Å². The van der Waals surface area contributed by atoms with E-state index in [0.717, 1.165) is 70.7 Å². The van der Waals surface area contributed by atoms with Gasteiger partial charge in [0.25, 0.3) is 0 Å². The third-order valence-corrected chi connectivity index (χ3v) is 5.36. The van der Waals surface area contributed by atoms with Gasteiger partial charge in [-0.25, -0.2) is 4.99 Å². The van der Waals surface area contributed by atoms with Crippen molar-refractivity contribution in [2.24, 2.45) is 10.9 Å². The molecule has 0 radical (unpaired) electrons. The van der Waals surface area contributed by atoms with Crippen LogP contribution in [0, 0.1) is 5.92 Å². The van der Waals surface area contributed by atoms with Gasteiger partial charge in [0.05, 0.1) is 19.8 Å². The summed E-state index contributed by atoms with van der Waals surface area (Å²) in [6.45, 7) is 14.2. The van der Waals surface area contributed by atoms with Crippen molar-refractivity contribution in [3.05, 3.63) is 47.5 Å². The van der Waals surface area contributed by atoms with Crippen molar-refractivity contribution in [2.45, 2.75) is 46.8 Å². The summed E-state index contributed by atoms with van der Waals surface area (Å²) in [5, 5.41) is 15.1. The number of aromatic nitrogens is 3. The zero-order chi connectivity index (χ0) is 21.9. The molecule has 0 unspecified atom stereocenters. The van der Waals surface area contributed by atoms with Crippen LogP contribution in [0.3, 0.4) is 0 Å². The molecule has 0 atom stereocenters. The van der Waals surface area contributed by atoms with Crippen LogP contribution < -0.4 is 10.6 Å². The number of nitrogens with zero attached hydrogens (tertiary/aromatic N) is 5. The van der Waals surface area contributed by atoms with Gasteiger partial charge in [-0.15, -0.1) is 34.2 Å². The minimum absolute atomic E-state index is 0. The summed E-state index contributed by atoms with van der Waals surface area (Å²) in [7, 11) is 0. The van der Waals surface area contributed by atoms with Gasteiger partial charge < -0.3 is 19.9 Å². The van der Waals surface area contributed by atoms with Crippen LogP contribution in [0.4, 0.5) is 0 Å². The Hall–Kier alpha value is -1.72. The average Bonchev–Trinajstić information content (AvgIpc) is 3.24. The van der Waals surface area contributed by atoms with Crippen LogP contribution in [-0.4, -0.2) is 65.0 Å². The van der Waals surface area contributed by atoms with Gasteiger partial charge in [0.2, 0.25) is 0 Å². The summed E-state index contributed by atoms with van der Waals surface area (Å²) >= 11 is 0. The number of nitrogens with one attached hydrogen (secondary N) is 2. The molecule has 1 aliphatic rings. The standard InChI is InChI=1S/C23H37N7O.HI/c1-4-22-28-27-18-30(22)10-9-24-23(25-15-19(2)3)26-16-20-7-5-6-8-21(20)17-29-11-13-31-14-12-29;/h5-8,18-19H,4,9-17H2,1-3H3,(H2,24,25,26);1H. The minimum Gasteiger partial charge on any atom is -0.379 e. The quantitative estimate of drug-likeness (QED) is 0.267. The highest BCUT2D eigenvalue weighted by atomic mass is 127. The first-order valence-corrected chi connectivity index (χ1v) is 11.4. The Morgan fingerprint density at radius 2 is 1.91 bits per heavy atom. The molecule has 1 aromatic carbocycles. The molecule has 0 aliphatic carbocycles. The third kappa shape index (κ3) is 8.67. The summed E-state index contributed by atoms with van der Waals surface area (Å²) in [5.41, 5.74) is 2.61. The minimum atomic E-state index is 0. The zero-order valence-corrected chi connectivity index (χ0v) is 21.9. The lowest BCUT2D eigenvalue weighted by atomic mass is 10.1. The molecule has 0 bridgehead atoms. The maximum Gasteiger partial charge on any atom is 0.191 e. The van der Waals surface area contributed by atoms with E-state index in [4.69, 9.17) is 9.73 Å². The molecule has 2 heterocycles. The summed E-state index contributed by atoms with van der Waals surface area (Å²) in [4.78, 5) is 7.34. The first-order valence-electron chi connectivity index (χ1n) is 11.4. The van der Waals surface area contributed by atoms with Crippen LogP contribution >= 0.6 is 24.0 Å². The second-order valence-corrected chi connectivity index (χ2v) is 8.32. The molecular weight excluding hydrogens is 517 g/mol. The Bertz CT molecular complexity index is 818. The molecule has 1 fully saturated rings. The predicted molar refractivity (Wildman–Crippen MR) is 139 cm³/mol. The van der Waals surface area contributed by atoms with Crippen LogP contribution in [0.2, 0.25) is 0 Å². The number of ether oxygens (including phenoxy) is 1. The molecule has 3 rings (SSSR count). The Morgan fingerprint density at radius 3 is 2.62 bits per heavy atom. The van der Waals surface area contributed by atoms with Crippen LogP contribution in [0.1, 0.15) is 37.7 Å². The molecule has 0 saturated carbocycles. The van der Waals surface area contributed by atoms with E-state index in [9.17, 15) is 0 Å². The fourth-order valence-corrected chi connectivity index (χ4v) is 3.54. The van der Waals surface area contributed by atoms with Crippen molar-refractivity contribution < 1.29 is 4.74 Å². The van der Waals surface area contributed by atoms with E-state index in [1.54, 1.807) is 6.33 Å². The van der Waals surface area contributed by atoms with Crippen LogP contribution in [0.15, 0.2) is 35.6 Å². The lowest BCUT2D eigenvalue weighted by molar-refractivity contribution is 0.0341. The van der Waals surface area contributed by atoms with E-state index in [2.05, 4.69) is 75.3 Å². The largest absolute Gasteiger partial charge is 0.379 e. The molecule has 178 valence electrons. The van der Waals surface area contributed by atoms with E-state index in [0.29, 0.717) is 12.5 Å². The maximum absolute atomic E-state index is 5.48. The number of rotatable bonds is 10. The summed E-state index contributed by atoms with van der Waals surface area (Å²) < 4.78 is 7.57. The first-order chi connectivity index (χ1) is 15.2. The smallest absolute Gasteiger partial charge is 0.191 e. The Balaban J connectivity index is 0.00000363. The molecule has 1 aliphatic heterocycles. The first kappa shape index (κ1) is 26.5. The number of guanidine groups is 1. The molecule has 8 nitrogen and oxygen atoms in total. The van der Waals surface area contributed by atoms with Gasteiger partial charge in [-0.1, -0.05) is 45.0 Å². The summed E-state index contributed by atoms with van der Waals surface area (Å²) in [6, 6.07) is 8.61. The topological polar surface area (TPSA) is 79.6 Å². The second-order valence-electron chi connectivity index (χ2n) is 8.32. The van der Waals surface area contributed by atoms with Gasteiger partial charge in [0.15, 0.2) is 5.96 Å². The van der Waals surface area contributed by atoms with E-state index >= 15 is 0 Å². The van der Waals surface area contributed by atoms with Gasteiger partial charge in [-0.2, -0.15) is 0 Å². The molecular formula is C23H38IN7O. The normalized spacial score (nSPS) is 14.9. The highest BCUT2D eigenvalue weighted by molar-refractivity contribution is 14.0. The highest BCUT2D eigenvalue weighted by Crippen LogP contribution is 2.14. The molecule has 1 aromatic heterocycles. The van der Waals surface area contributed by atoms with Crippen molar-refractivity contribution in [3.8, 4) is 0 Å². The molecule has 2 N–H and O–H groups in total. The molecule has 32 heavy (non-hydrogen) atoms. The molecule has 1 saturated heterocycles. The number of hydrogen-bond donors (Lipinski definition) is 2. The number of benzene rings is 1. The Morgan fingerprint density at radius 1 is 1.16 bits per heavy atom. The van der Waals surface area contributed by atoms with E-state index in [-0.39, 0.29) is 24.0 Å². The molecule has 2 aromatic rings. The maximum atomic E-state index is 5.48. The Labute approximate surface area is 209 Å². The Kier molecular flexibility index (Phi) is 12.0. The van der Waals surface area contributed by atoms with E-state index < -0.39 is 0 Å². The third-order valence-electron chi connectivity index (χ3n) is 5.36. The highest BCUT2D eigenvalue weighted by Gasteiger charge is 2.12. The van der Waals surface area contributed by atoms with Gasteiger partial charge in [-0.3, -0.25) is 4.90 Å². The number of aliphatic imine (C=N–C) groups is 1. The predicted octanol–water partition coefficient (Wildman–Crippen LogP) is 2.68. The van der Waals surface area contributed by atoms with Crippen molar-refractivity contribution in [1.29, 1.82) is 0 Å². The van der Waals surface area contributed by atoms with E-state index in [1.165, 1.54) is 11.1 Å². The summed E-state index contributed by atoms with van der Waals surface area (Å²) in [5.74, 6) is 2.40. The molecule has 9 heteroatoms. The number of aryl methyl sites for hydroxylation is 1. The second kappa shape index (κ2) is 14.4. The van der Waals surface area contributed by atoms with Gasteiger partial charge in [0, 0.05) is 45.7 Å². The fourth-order valence-electron chi connectivity index (χ4n) is 3.54. The molecule has 0 spiro atoms. The average molecular weight is 556 g/mol. The lowest BCUT2D eigenvalue weighted by Gasteiger charge is -2.27. The van der Waals surface area contributed by atoms with Gasteiger partial charge in [0.1, 0.15) is 12.2 Å². The van der Waals surface area contributed by atoms with Crippen molar-refractivity contribution >= 4 is 29.9 Å². The molecule has 0 amide bonds. The van der Waals surface area contributed by atoms with Crippen molar-refractivity contribution in [1.82, 2.24) is 30.3 Å². The lowest BCUT2D eigenvalue weighted by Crippen LogP contribution is -2.40.